The van der Waals surface area contributed by atoms with E-state index in [-0.39, 0.29) is 23.8 Å². The molecule has 1 heterocycles. The van der Waals surface area contributed by atoms with Crippen LogP contribution in [0.1, 0.15) is 22.3 Å². The number of nitrogens with zero attached hydrogens (tertiary/aromatic N) is 1. The van der Waals surface area contributed by atoms with Crippen LogP contribution in [0.15, 0.2) is 36.4 Å². The fraction of sp³-hybridized carbons (Fsp3) is 0.333. The molecule has 1 atom stereocenters. The van der Waals surface area contributed by atoms with Crippen LogP contribution >= 0.6 is 11.6 Å². The first-order valence-electron chi connectivity index (χ1n) is 9.93. The van der Waals surface area contributed by atoms with Gasteiger partial charge in [-0.1, -0.05) is 0 Å². The second-order valence-electron chi connectivity index (χ2n) is 7.54. The molecule has 2 amide bonds. The molecule has 7 nitrogen and oxygen atoms in total. The predicted octanol–water partition coefficient (Wildman–Crippen LogP) is 1.74. The van der Waals surface area contributed by atoms with Gasteiger partial charge in [0.2, 0.25) is 0 Å². The number of carbonyl (C=O) groups is 2. The number of amides is 2. The minimum atomic E-state index is -4.90. The third kappa shape index (κ3) is 7.55. The van der Waals surface area contributed by atoms with Gasteiger partial charge in [0.05, 0.1) is 0 Å². The van der Waals surface area contributed by atoms with E-state index in [2.05, 4.69) is 37.1 Å². The van der Waals surface area contributed by atoms with Crippen molar-refractivity contribution in [3.05, 3.63) is 52.5 Å². The number of carbonyl (C=O) groups excluding carboxylic acids is 2. The van der Waals surface area contributed by atoms with Crippen LogP contribution in [0.2, 0.25) is 5.02 Å². The second kappa shape index (κ2) is 10.7. The number of nitrogens with two attached hydrogens (primary N) is 1. The number of hydrogen-bond acceptors (Lipinski definition) is 5. The van der Waals surface area contributed by atoms with Crippen molar-refractivity contribution in [2.75, 3.05) is 25.4 Å². The Labute approximate surface area is 202 Å². The first kappa shape index (κ1) is 25.2. The van der Waals surface area contributed by atoms with Crippen molar-refractivity contribution in [3.8, 4) is 5.75 Å². The van der Waals surface area contributed by atoms with Crippen molar-refractivity contribution in [2.45, 2.75) is 25.4 Å². The quantitative estimate of drug-likeness (QED) is 0.365. The number of alkyl halides is 3. The van der Waals surface area contributed by atoms with E-state index in [0.717, 1.165) is 47.6 Å². The van der Waals surface area contributed by atoms with Crippen LogP contribution in [0.3, 0.4) is 0 Å². The molecular weight excluding hydrogens is 524 g/mol. The molecule has 0 aromatic heterocycles. The first-order valence-corrected chi connectivity index (χ1v) is 11.2. The molecule has 4 N–H and O–H groups in total. The Kier molecular flexibility index (Phi) is 8.15. The molecule has 2 aromatic rings. The molecule has 0 bridgehead atoms. The van der Waals surface area contributed by atoms with Crippen LogP contribution in [-0.2, 0) is 11.3 Å². The molecule has 0 spiro atoms. The van der Waals surface area contributed by atoms with Crippen molar-refractivity contribution >= 4 is 50.3 Å². The topological polar surface area (TPSA) is 96.7 Å². The number of likely N-dealkylation sites (tertiary alicyclic amines) is 1. The summed E-state index contributed by atoms with van der Waals surface area (Å²) in [7, 11) is 0. The van der Waals surface area contributed by atoms with Crippen molar-refractivity contribution in [1.29, 1.82) is 0 Å². The molecule has 3 rings (SSSR count). The van der Waals surface area contributed by atoms with Crippen molar-refractivity contribution < 1.29 is 27.5 Å². The average molecular weight is 545 g/mol. The number of hydrogen-bond donors (Lipinski definition) is 3. The van der Waals surface area contributed by atoms with Gasteiger partial charge >= 0.3 is 149 Å². The minimum absolute atomic E-state index is 0.0371. The number of nitrogen functional groups attached to an aromatic ring is 1. The van der Waals surface area contributed by atoms with E-state index in [1.807, 2.05) is 18.2 Å². The Morgan fingerprint density at radius 1 is 1.24 bits per heavy atom. The number of rotatable bonds is 7. The van der Waals surface area contributed by atoms with E-state index in [9.17, 15) is 22.8 Å². The SMILES string of the molecule is Nc1ccc(OC(F)(F)F)cc1C(=O)NCC(=O)NC1CCN(Cc2ccc(Cl)cc2[As])C1. The second-order valence-corrected chi connectivity index (χ2v) is 8.99. The predicted molar refractivity (Wildman–Crippen MR) is 119 cm³/mol. The fourth-order valence-electron chi connectivity index (χ4n) is 3.47. The number of nitrogens with one attached hydrogen (secondary N) is 2. The van der Waals surface area contributed by atoms with Crippen LogP contribution in [0.5, 0.6) is 5.75 Å². The van der Waals surface area contributed by atoms with Crippen LogP contribution in [-0.4, -0.2) is 65.6 Å². The summed E-state index contributed by atoms with van der Waals surface area (Å²) in [5.41, 5.74) is 6.56. The van der Waals surface area contributed by atoms with Crippen molar-refractivity contribution in [2.24, 2.45) is 0 Å². The summed E-state index contributed by atoms with van der Waals surface area (Å²) in [6.45, 7) is 1.83. The summed E-state index contributed by atoms with van der Waals surface area (Å²) in [6, 6.07) is 8.62. The molecule has 1 aliphatic heterocycles. The molecule has 1 unspecified atom stereocenters. The standard InChI is InChI=1S/C21H21AsClF3N4O3/c22-17-7-13(23)2-1-12(17)10-30-6-5-14(11-30)29-19(31)9-28-20(32)16-8-15(3-4-18(16)27)33-21(24,25)26/h1-4,7-8,14H,5-6,9-11,27H2,(H,28,32)(H,29,31). The molecule has 176 valence electrons. The van der Waals surface area contributed by atoms with Crippen LogP contribution < -0.4 is 25.5 Å². The van der Waals surface area contributed by atoms with Crippen LogP contribution in [0.25, 0.3) is 0 Å². The summed E-state index contributed by atoms with van der Waals surface area (Å²) in [5.74, 6) is -1.76. The summed E-state index contributed by atoms with van der Waals surface area (Å²) in [6.07, 6.45) is -4.14. The Morgan fingerprint density at radius 2 is 2.00 bits per heavy atom. The third-order valence-electron chi connectivity index (χ3n) is 4.99. The van der Waals surface area contributed by atoms with Gasteiger partial charge in [-0.05, 0) is 18.2 Å². The van der Waals surface area contributed by atoms with Gasteiger partial charge in [0, 0.05) is 5.69 Å². The van der Waals surface area contributed by atoms with E-state index < -0.39 is 23.9 Å². The van der Waals surface area contributed by atoms with E-state index in [1.54, 1.807) is 0 Å². The van der Waals surface area contributed by atoms with Crippen molar-refractivity contribution in [3.63, 3.8) is 0 Å². The zero-order chi connectivity index (χ0) is 24.2. The van der Waals surface area contributed by atoms with Gasteiger partial charge in [0.1, 0.15) is 5.75 Å². The summed E-state index contributed by atoms with van der Waals surface area (Å²) in [5, 5.41) is 5.90. The molecule has 1 fully saturated rings. The fourth-order valence-corrected chi connectivity index (χ4v) is 4.40. The normalized spacial score (nSPS) is 16.5. The van der Waals surface area contributed by atoms with E-state index in [0.29, 0.717) is 11.6 Å². The number of anilines is 1. The molecule has 2 radical (unpaired) electrons. The Morgan fingerprint density at radius 3 is 2.70 bits per heavy atom. The van der Waals surface area contributed by atoms with Crippen molar-refractivity contribution in [1.82, 2.24) is 15.5 Å². The molecule has 1 aliphatic rings. The summed E-state index contributed by atoms with van der Waals surface area (Å²) >= 11 is 8.48. The molecule has 0 aliphatic carbocycles. The number of halogens is 4. The maximum atomic E-state index is 12.4. The zero-order valence-electron chi connectivity index (χ0n) is 17.3. The molecule has 2 aromatic carbocycles. The Bertz CT molecular complexity index is 1040. The zero-order valence-corrected chi connectivity index (χ0v) is 19.9. The monoisotopic (exact) mass is 544 g/mol. The summed E-state index contributed by atoms with van der Waals surface area (Å²) in [4.78, 5) is 26.8. The van der Waals surface area contributed by atoms with Gasteiger partial charge in [0.15, 0.2) is 0 Å². The first-order chi connectivity index (χ1) is 15.5. The van der Waals surface area contributed by atoms with Gasteiger partial charge in [-0.25, -0.2) is 0 Å². The molecular formula is C21H21AsClF3N4O3. The Balaban J connectivity index is 1.48. The molecule has 12 heteroatoms. The van der Waals surface area contributed by atoms with Gasteiger partial charge in [0.25, 0.3) is 0 Å². The molecule has 1 saturated heterocycles. The van der Waals surface area contributed by atoms with Crippen LogP contribution in [0, 0.1) is 0 Å². The van der Waals surface area contributed by atoms with Gasteiger partial charge < -0.3 is 10.5 Å². The Hall–Kier alpha value is -2.42. The summed E-state index contributed by atoms with van der Waals surface area (Å²) < 4.78 is 42.0. The number of benzene rings is 2. The van der Waals surface area contributed by atoms with Gasteiger partial charge in [-0.15, -0.1) is 13.2 Å². The average Bonchev–Trinajstić information content (AvgIpc) is 3.15. The van der Waals surface area contributed by atoms with Crippen LogP contribution in [0.4, 0.5) is 18.9 Å². The molecule has 0 saturated carbocycles. The maximum absolute atomic E-state index is 12.4. The third-order valence-corrected chi connectivity index (χ3v) is 6.10. The number of ether oxygens (including phenoxy) is 1. The van der Waals surface area contributed by atoms with E-state index in [1.165, 1.54) is 0 Å². The van der Waals surface area contributed by atoms with E-state index in [4.69, 9.17) is 17.3 Å². The van der Waals surface area contributed by atoms with E-state index >= 15 is 0 Å². The van der Waals surface area contributed by atoms with Gasteiger partial charge in [-0.2, -0.15) is 0 Å². The van der Waals surface area contributed by atoms with Gasteiger partial charge in [-0.3, -0.25) is 0 Å². The molecule has 33 heavy (non-hydrogen) atoms.